The Balaban J connectivity index is 1.97. The van der Waals surface area contributed by atoms with E-state index < -0.39 is 5.97 Å². The fraction of sp³-hybridized carbons (Fsp3) is 0.0588. The third-order valence-corrected chi connectivity index (χ3v) is 2.87. The van der Waals surface area contributed by atoms with Gasteiger partial charge in [0.25, 0.3) is 0 Å². The van der Waals surface area contributed by atoms with Crippen LogP contribution in [-0.4, -0.2) is 19.0 Å². The highest BCUT2D eigenvalue weighted by Crippen LogP contribution is 2.10. The van der Waals surface area contributed by atoms with Gasteiger partial charge in [0.2, 0.25) is 5.91 Å². The Labute approximate surface area is 127 Å². The Hall–Kier alpha value is -2.95. The summed E-state index contributed by atoms with van der Waals surface area (Å²) < 4.78 is 17.4. The van der Waals surface area contributed by atoms with Crippen molar-refractivity contribution in [1.29, 1.82) is 0 Å². The quantitative estimate of drug-likeness (QED) is 0.696. The molecule has 0 unspecified atom stereocenters. The molecule has 1 N–H and O–H groups in total. The first-order valence-corrected chi connectivity index (χ1v) is 6.51. The molecule has 5 heteroatoms. The maximum Gasteiger partial charge on any atom is 0.337 e. The van der Waals surface area contributed by atoms with Crippen LogP contribution in [0.2, 0.25) is 0 Å². The van der Waals surface area contributed by atoms with Crippen molar-refractivity contribution in [3.63, 3.8) is 0 Å². The molecule has 0 saturated carbocycles. The van der Waals surface area contributed by atoms with Gasteiger partial charge in [0, 0.05) is 11.8 Å². The average Bonchev–Trinajstić information content (AvgIpc) is 2.55. The lowest BCUT2D eigenvalue weighted by atomic mass is 10.1. The summed E-state index contributed by atoms with van der Waals surface area (Å²) in [5, 5.41) is 2.61. The molecular weight excluding hydrogens is 285 g/mol. The number of hydrogen-bond acceptors (Lipinski definition) is 3. The van der Waals surface area contributed by atoms with Crippen LogP contribution in [0.25, 0.3) is 6.08 Å². The summed E-state index contributed by atoms with van der Waals surface area (Å²) in [7, 11) is 1.32. The molecule has 0 aliphatic heterocycles. The number of amides is 1. The van der Waals surface area contributed by atoms with E-state index in [2.05, 4.69) is 10.1 Å². The van der Waals surface area contributed by atoms with Gasteiger partial charge < -0.3 is 10.1 Å². The number of benzene rings is 2. The molecule has 0 heterocycles. The van der Waals surface area contributed by atoms with Crippen molar-refractivity contribution in [3.05, 3.63) is 71.6 Å². The van der Waals surface area contributed by atoms with Crippen molar-refractivity contribution >= 4 is 23.6 Å². The molecule has 0 aliphatic rings. The van der Waals surface area contributed by atoms with Crippen molar-refractivity contribution in [1.82, 2.24) is 0 Å². The van der Waals surface area contributed by atoms with E-state index in [9.17, 15) is 14.0 Å². The molecule has 2 rings (SSSR count). The highest BCUT2D eigenvalue weighted by Gasteiger charge is 2.03. The molecule has 2 aromatic rings. The van der Waals surface area contributed by atoms with Crippen LogP contribution < -0.4 is 5.32 Å². The van der Waals surface area contributed by atoms with Gasteiger partial charge in [0.1, 0.15) is 5.82 Å². The summed E-state index contributed by atoms with van der Waals surface area (Å²) in [5.41, 5.74) is 1.72. The van der Waals surface area contributed by atoms with Gasteiger partial charge in [-0.2, -0.15) is 0 Å². The van der Waals surface area contributed by atoms with Crippen LogP contribution in [0, 0.1) is 5.82 Å². The molecule has 0 bridgehead atoms. The maximum absolute atomic E-state index is 12.7. The molecule has 22 heavy (non-hydrogen) atoms. The summed E-state index contributed by atoms with van der Waals surface area (Å²) in [4.78, 5) is 23.0. The fourth-order valence-corrected chi connectivity index (χ4v) is 1.74. The second kappa shape index (κ2) is 7.17. The summed E-state index contributed by atoms with van der Waals surface area (Å²) in [5.74, 6) is -1.10. The Morgan fingerprint density at radius 1 is 1.05 bits per heavy atom. The highest BCUT2D eigenvalue weighted by molar-refractivity contribution is 6.02. The third kappa shape index (κ3) is 4.28. The fourth-order valence-electron chi connectivity index (χ4n) is 1.74. The number of carbonyl (C=O) groups is 2. The first kappa shape index (κ1) is 15.4. The smallest absolute Gasteiger partial charge is 0.337 e. The van der Waals surface area contributed by atoms with E-state index in [0.29, 0.717) is 11.3 Å². The number of esters is 1. The second-order valence-corrected chi connectivity index (χ2v) is 4.44. The predicted octanol–water partition coefficient (Wildman–Crippen LogP) is 3.26. The SMILES string of the molecule is COC(=O)c1ccc(/C=C/C(=O)Nc2ccc(F)cc2)cc1. The molecule has 1 amide bonds. The van der Waals surface area contributed by atoms with Crippen molar-refractivity contribution in [2.24, 2.45) is 0 Å². The van der Waals surface area contributed by atoms with Crippen molar-refractivity contribution < 1.29 is 18.7 Å². The molecule has 0 aromatic heterocycles. The van der Waals surface area contributed by atoms with Gasteiger partial charge in [0.15, 0.2) is 0 Å². The van der Waals surface area contributed by atoms with Gasteiger partial charge in [-0.25, -0.2) is 9.18 Å². The first-order valence-electron chi connectivity index (χ1n) is 6.51. The lowest BCUT2D eigenvalue weighted by molar-refractivity contribution is -0.111. The van der Waals surface area contributed by atoms with Gasteiger partial charge in [0.05, 0.1) is 12.7 Å². The Kier molecular flexibility index (Phi) is 5.03. The topological polar surface area (TPSA) is 55.4 Å². The van der Waals surface area contributed by atoms with Crippen LogP contribution in [0.5, 0.6) is 0 Å². The third-order valence-electron chi connectivity index (χ3n) is 2.87. The normalized spacial score (nSPS) is 10.5. The van der Waals surface area contributed by atoms with E-state index in [1.54, 1.807) is 30.3 Å². The maximum atomic E-state index is 12.7. The molecule has 0 atom stereocenters. The minimum absolute atomic E-state index is 0.330. The van der Waals surface area contributed by atoms with Crippen LogP contribution in [0.3, 0.4) is 0 Å². The number of rotatable bonds is 4. The van der Waals surface area contributed by atoms with Gasteiger partial charge in [-0.1, -0.05) is 12.1 Å². The van der Waals surface area contributed by atoms with E-state index in [0.717, 1.165) is 5.56 Å². The van der Waals surface area contributed by atoms with Gasteiger partial charge in [-0.3, -0.25) is 4.79 Å². The van der Waals surface area contributed by atoms with Crippen LogP contribution in [0.4, 0.5) is 10.1 Å². The molecular formula is C17H14FNO3. The zero-order valence-electron chi connectivity index (χ0n) is 11.9. The van der Waals surface area contributed by atoms with E-state index in [1.165, 1.54) is 37.5 Å². The van der Waals surface area contributed by atoms with Gasteiger partial charge in [-0.15, -0.1) is 0 Å². The minimum atomic E-state index is -0.412. The number of nitrogens with one attached hydrogen (secondary N) is 1. The standard InChI is InChI=1S/C17H14FNO3/c1-22-17(21)13-5-2-12(3-6-13)4-11-16(20)19-15-9-7-14(18)8-10-15/h2-11H,1H3,(H,19,20)/b11-4+. The van der Waals surface area contributed by atoms with Gasteiger partial charge >= 0.3 is 5.97 Å². The summed E-state index contributed by atoms with van der Waals surface area (Å²) in [6.45, 7) is 0. The second-order valence-electron chi connectivity index (χ2n) is 4.44. The van der Waals surface area contributed by atoms with Crippen LogP contribution in [0.1, 0.15) is 15.9 Å². The molecule has 0 saturated heterocycles. The summed E-state index contributed by atoms with van der Waals surface area (Å²) >= 11 is 0. The van der Waals surface area contributed by atoms with E-state index in [4.69, 9.17) is 0 Å². The minimum Gasteiger partial charge on any atom is -0.465 e. The van der Waals surface area contributed by atoms with Crippen LogP contribution in [0.15, 0.2) is 54.6 Å². The monoisotopic (exact) mass is 299 g/mol. The molecule has 4 nitrogen and oxygen atoms in total. The zero-order valence-corrected chi connectivity index (χ0v) is 11.9. The number of anilines is 1. The van der Waals surface area contributed by atoms with E-state index >= 15 is 0 Å². The zero-order chi connectivity index (χ0) is 15.9. The Morgan fingerprint density at radius 2 is 1.68 bits per heavy atom. The molecule has 0 radical (unpaired) electrons. The number of ether oxygens (including phenoxy) is 1. The van der Waals surface area contributed by atoms with Crippen LogP contribution >= 0.6 is 0 Å². The number of hydrogen-bond donors (Lipinski definition) is 1. The van der Waals surface area contributed by atoms with Gasteiger partial charge in [-0.05, 0) is 48.0 Å². The molecule has 0 spiro atoms. The van der Waals surface area contributed by atoms with E-state index in [1.807, 2.05) is 0 Å². The Bertz CT molecular complexity index is 691. The predicted molar refractivity (Wildman–Crippen MR) is 81.8 cm³/mol. The summed E-state index contributed by atoms with van der Waals surface area (Å²) in [6, 6.07) is 12.1. The lowest BCUT2D eigenvalue weighted by Gasteiger charge is -2.02. The number of halogens is 1. The summed E-state index contributed by atoms with van der Waals surface area (Å²) in [6.07, 6.45) is 2.97. The average molecular weight is 299 g/mol. The number of carbonyl (C=O) groups excluding carboxylic acids is 2. The van der Waals surface area contributed by atoms with Crippen molar-refractivity contribution in [3.8, 4) is 0 Å². The van der Waals surface area contributed by atoms with E-state index in [-0.39, 0.29) is 11.7 Å². The molecule has 0 aliphatic carbocycles. The van der Waals surface area contributed by atoms with Crippen LogP contribution in [-0.2, 0) is 9.53 Å². The first-order chi connectivity index (χ1) is 10.6. The van der Waals surface area contributed by atoms with Crippen molar-refractivity contribution in [2.75, 3.05) is 12.4 Å². The molecule has 112 valence electrons. The highest BCUT2D eigenvalue weighted by atomic mass is 19.1. The Morgan fingerprint density at radius 3 is 2.27 bits per heavy atom. The lowest BCUT2D eigenvalue weighted by Crippen LogP contribution is -2.07. The van der Waals surface area contributed by atoms with Crippen molar-refractivity contribution in [2.45, 2.75) is 0 Å². The molecule has 0 fully saturated rings. The molecule has 2 aromatic carbocycles. The largest absolute Gasteiger partial charge is 0.465 e. The number of methoxy groups -OCH3 is 1.